The third-order valence-corrected chi connectivity index (χ3v) is 6.67. The Hall–Kier alpha value is -1.19. The number of hydrogen-bond donors (Lipinski definition) is 1. The van der Waals surface area contributed by atoms with Crippen LogP contribution in [0.5, 0.6) is 0 Å². The van der Waals surface area contributed by atoms with Crippen LogP contribution < -0.4 is 5.73 Å². The van der Waals surface area contributed by atoms with Crippen molar-refractivity contribution in [2.45, 2.75) is 33.1 Å². The maximum absolute atomic E-state index is 14.0. The summed E-state index contributed by atoms with van der Waals surface area (Å²) in [6, 6.07) is 5.40. The van der Waals surface area contributed by atoms with E-state index in [4.69, 9.17) is 5.73 Å². The number of nitrogens with two attached hydrogens (primary N) is 1. The first-order valence-corrected chi connectivity index (χ1v) is 8.47. The van der Waals surface area contributed by atoms with Gasteiger partial charge in [-0.25, -0.2) is 4.39 Å². The van der Waals surface area contributed by atoms with Crippen LogP contribution in [0.3, 0.4) is 0 Å². The quantitative estimate of drug-likeness (QED) is 0.833. The fourth-order valence-electron chi connectivity index (χ4n) is 4.78. The van der Waals surface area contributed by atoms with Crippen LogP contribution in [0.2, 0.25) is 0 Å². The van der Waals surface area contributed by atoms with E-state index >= 15 is 0 Å². The van der Waals surface area contributed by atoms with Crippen LogP contribution in [0.15, 0.2) is 29.2 Å². The highest BCUT2D eigenvalue weighted by molar-refractivity contribution is 7.17. The van der Waals surface area contributed by atoms with Gasteiger partial charge in [0.1, 0.15) is 5.82 Å². The zero-order chi connectivity index (χ0) is 14.8. The molecule has 1 nitrogen and oxygen atoms in total. The minimum atomic E-state index is -0.113. The minimum absolute atomic E-state index is 0.113. The molecule has 1 fully saturated rings. The monoisotopic (exact) mass is 301 g/mol. The average Bonchev–Trinajstić information content (AvgIpc) is 3.05. The van der Waals surface area contributed by atoms with Gasteiger partial charge in [-0.2, -0.15) is 0 Å². The summed E-state index contributed by atoms with van der Waals surface area (Å²) in [5.41, 5.74) is 10.6. The molecule has 1 saturated carbocycles. The molecule has 3 heteroatoms. The third-order valence-electron chi connectivity index (χ3n) is 5.67. The zero-order valence-electron chi connectivity index (χ0n) is 12.5. The largest absolute Gasteiger partial charge is 0.327 e. The Balaban J connectivity index is 2.02. The van der Waals surface area contributed by atoms with E-state index in [1.54, 1.807) is 6.07 Å². The second-order valence-electron chi connectivity index (χ2n) is 7.12. The molecule has 0 radical (unpaired) electrons. The van der Waals surface area contributed by atoms with Gasteiger partial charge in [0.15, 0.2) is 0 Å². The fourth-order valence-corrected chi connectivity index (χ4v) is 5.74. The van der Waals surface area contributed by atoms with Gasteiger partial charge in [0.25, 0.3) is 0 Å². The fraction of sp³-hybridized carbons (Fsp3) is 0.444. The Morgan fingerprint density at radius 3 is 2.76 bits per heavy atom. The molecule has 110 valence electrons. The van der Waals surface area contributed by atoms with Crippen LogP contribution in [-0.4, -0.2) is 6.54 Å². The molecule has 1 aromatic carbocycles. The van der Waals surface area contributed by atoms with Crippen LogP contribution in [0, 0.1) is 16.6 Å². The van der Waals surface area contributed by atoms with Crippen molar-refractivity contribution in [3.63, 3.8) is 0 Å². The molecule has 2 aliphatic carbocycles. The standard InChI is InChI=1S/C18H20FNS/c1-17-6-7-18(2,10-17)15(13(17)8-20)12-9-21-16-11(12)4-3-5-14(16)19/h3-5,9H,6-8,10,20H2,1-2H3. The molecule has 2 unspecified atom stereocenters. The molecule has 4 rings (SSSR count). The Bertz CT molecular complexity index is 775. The lowest BCUT2D eigenvalue weighted by Crippen LogP contribution is -2.21. The molecular weight excluding hydrogens is 281 g/mol. The van der Waals surface area contributed by atoms with Crippen molar-refractivity contribution in [1.29, 1.82) is 0 Å². The smallest absolute Gasteiger partial charge is 0.141 e. The molecule has 0 spiro atoms. The highest BCUT2D eigenvalue weighted by Crippen LogP contribution is 2.67. The first-order valence-electron chi connectivity index (χ1n) is 7.59. The van der Waals surface area contributed by atoms with Crippen molar-refractivity contribution >= 4 is 27.0 Å². The Labute approximate surface area is 128 Å². The van der Waals surface area contributed by atoms with E-state index < -0.39 is 0 Å². The van der Waals surface area contributed by atoms with Gasteiger partial charge in [-0.15, -0.1) is 11.3 Å². The van der Waals surface area contributed by atoms with Gasteiger partial charge in [0, 0.05) is 11.9 Å². The topological polar surface area (TPSA) is 26.0 Å². The predicted molar refractivity (Wildman–Crippen MR) is 87.8 cm³/mol. The summed E-state index contributed by atoms with van der Waals surface area (Å²) in [6.45, 7) is 5.33. The number of benzene rings is 1. The SMILES string of the molecule is CC12CCC(C)(C1)C(c1csc3c(F)cccc13)=C2CN. The number of thiophene rings is 1. The number of fused-ring (bicyclic) bond motifs is 3. The molecular formula is C18H20FNS. The average molecular weight is 301 g/mol. The second-order valence-corrected chi connectivity index (χ2v) is 8.00. The lowest BCUT2D eigenvalue weighted by Gasteiger charge is -2.30. The minimum Gasteiger partial charge on any atom is -0.327 e. The molecule has 1 heterocycles. The van der Waals surface area contributed by atoms with Crippen molar-refractivity contribution in [2.24, 2.45) is 16.6 Å². The van der Waals surface area contributed by atoms with Crippen LogP contribution in [0.1, 0.15) is 38.7 Å². The molecule has 0 saturated heterocycles. The number of allylic oxidation sites excluding steroid dienone is 1. The van der Waals surface area contributed by atoms with Gasteiger partial charge >= 0.3 is 0 Å². The van der Waals surface area contributed by atoms with Gasteiger partial charge in [-0.1, -0.05) is 26.0 Å². The summed E-state index contributed by atoms with van der Waals surface area (Å²) < 4.78 is 14.8. The van der Waals surface area contributed by atoms with Gasteiger partial charge in [0.2, 0.25) is 0 Å². The van der Waals surface area contributed by atoms with Crippen molar-refractivity contribution < 1.29 is 4.39 Å². The third kappa shape index (κ3) is 1.65. The van der Waals surface area contributed by atoms with Gasteiger partial charge in [-0.3, -0.25) is 0 Å². The summed E-state index contributed by atoms with van der Waals surface area (Å²) in [7, 11) is 0. The highest BCUT2D eigenvalue weighted by atomic mass is 32.1. The van der Waals surface area contributed by atoms with E-state index in [1.807, 2.05) is 12.1 Å². The first kappa shape index (κ1) is 13.5. The second kappa shape index (κ2) is 4.17. The first-order chi connectivity index (χ1) is 9.98. The van der Waals surface area contributed by atoms with E-state index in [0.29, 0.717) is 6.54 Å². The summed E-state index contributed by atoms with van der Waals surface area (Å²) >= 11 is 1.51. The molecule has 0 aliphatic heterocycles. The van der Waals surface area contributed by atoms with E-state index in [9.17, 15) is 4.39 Å². The van der Waals surface area contributed by atoms with Crippen LogP contribution in [-0.2, 0) is 0 Å². The Morgan fingerprint density at radius 2 is 2.00 bits per heavy atom. The van der Waals surface area contributed by atoms with Crippen molar-refractivity contribution in [2.75, 3.05) is 6.54 Å². The maximum atomic E-state index is 14.0. The van der Waals surface area contributed by atoms with Crippen LogP contribution >= 0.6 is 11.3 Å². The van der Waals surface area contributed by atoms with Gasteiger partial charge in [-0.05, 0) is 58.2 Å². The summed E-state index contributed by atoms with van der Waals surface area (Å²) in [4.78, 5) is 0. The van der Waals surface area contributed by atoms with Gasteiger partial charge in [0.05, 0.1) is 4.70 Å². The van der Waals surface area contributed by atoms with Crippen molar-refractivity contribution in [1.82, 2.24) is 0 Å². The lowest BCUT2D eigenvalue weighted by atomic mass is 9.75. The number of rotatable bonds is 2. The molecule has 2 aromatic rings. The molecule has 2 N–H and O–H groups in total. The van der Waals surface area contributed by atoms with E-state index in [-0.39, 0.29) is 16.6 Å². The molecule has 21 heavy (non-hydrogen) atoms. The molecule has 2 aliphatic rings. The summed E-state index contributed by atoms with van der Waals surface area (Å²) in [5.74, 6) is -0.113. The highest BCUT2D eigenvalue weighted by Gasteiger charge is 2.54. The Kier molecular flexibility index (Phi) is 2.68. The van der Waals surface area contributed by atoms with E-state index in [2.05, 4.69) is 19.2 Å². The lowest BCUT2D eigenvalue weighted by molar-refractivity contribution is 0.399. The van der Waals surface area contributed by atoms with Crippen LogP contribution in [0.4, 0.5) is 4.39 Å². The molecule has 1 aromatic heterocycles. The van der Waals surface area contributed by atoms with Crippen molar-refractivity contribution in [3.05, 3.63) is 40.5 Å². The number of halogens is 1. The normalized spacial score (nSPS) is 31.6. The molecule has 2 bridgehead atoms. The van der Waals surface area contributed by atoms with Gasteiger partial charge < -0.3 is 5.73 Å². The maximum Gasteiger partial charge on any atom is 0.141 e. The predicted octanol–water partition coefficient (Wildman–Crippen LogP) is 4.96. The summed E-state index contributed by atoms with van der Waals surface area (Å²) in [6.07, 6.45) is 3.64. The van der Waals surface area contributed by atoms with E-state index in [1.165, 1.54) is 47.3 Å². The zero-order valence-corrected chi connectivity index (χ0v) is 13.3. The molecule has 0 amide bonds. The summed E-state index contributed by atoms with van der Waals surface area (Å²) in [5, 5.41) is 3.19. The molecule has 2 atom stereocenters. The Morgan fingerprint density at radius 1 is 1.24 bits per heavy atom. The van der Waals surface area contributed by atoms with E-state index in [0.717, 1.165) is 10.1 Å². The van der Waals surface area contributed by atoms with Crippen LogP contribution in [0.25, 0.3) is 15.7 Å². The van der Waals surface area contributed by atoms with Crippen molar-refractivity contribution in [3.8, 4) is 0 Å². The number of hydrogen-bond acceptors (Lipinski definition) is 2.